The second-order valence-corrected chi connectivity index (χ2v) is 4.62. The van der Waals surface area contributed by atoms with E-state index in [9.17, 15) is 19.5 Å². The number of esters is 2. The van der Waals surface area contributed by atoms with E-state index < -0.39 is 36.0 Å². The molecule has 0 aromatic carbocycles. The molecule has 1 aliphatic rings. The summed E-state index contributed by atoms with van der Waals surface area (Å²) in [7, 11) is 0. The van der Waals surface area contributed by atoms with Crippen LogP contribution in [-0.4, -0.2) is 41.1 Å². The van der Waals surface area contributed by atoms with E-state index in [1.807, 2.05) is 0 Å². The first-order valence-electron chi connectivity index (χ1n) is 6.36. The Morgan fingerprint density at radius 2 is 1.60 bits per heavy atom. The molecule has 110 valence electrons. The molecule has 6 nitrogen and oxygen atoms in total. The minimum atomic E-state index is -1.33. The Balaban J connectivity index is 2.82. The van der Waals surface area contributed by atoms with E-state index >= 15 is 0 Å². The number of hydrogen-bond donors (Lipinski definition) is 1. The molecule has 1 rings (SSSR count). The molecule has 0 bridgehead atoms. The van der Waals surface area contributed by atoms with Gasteiger partial charge in [-0.1, -0.05) is 6.08 Å². The first-order valence-corrected chi connectivity index (χ1v) is 6.36. The van der Waals surface area contributed by atoms with Crippen molar-refractivity contribution in [1.29, 1.82) is 0 Å². The summed E-state index contributed by atoms with van der Waals surface area (Å²) in [6.07, 6.45) is 2.69. The topological polar surface area (TPSA) is 89.9 Å². The summed E-state index contributed by atoms with van der Waals surface area (Å²) in [5.74, 6) is -1.87. The predicted molar refractivity (Wildman–Crippen MR) is 69.6 cm³/mol. The van der Waals surface area contributed by atoms with Gasteiger partial charge >= 0.3 is 11.9 Å². The van der Waals surface area contributed by atoms with E-state index in [4.69, 9.17) is 9.47 Å². The third-order valence-corrected chi connectivity index (χ3v) is 2.62. The number of ether oxygens (including phenoxy) is 2. The van der Waals surface area contributed by atoms with Crippen LogP contribution < -0.4 is 0 Å². The lowest BCUT2D eigenvalue weighted by Crippen LogP contribution is -2.26. The fourth-order valence-corrected chi connectivity index (χ4v) is 1.62. The lowest BCUT2D eigenvalue weighted by Gasteiger charge is -2.15. The molecule has 3 unspecified atom stereocenters. The SMILES string of the molecule is CC1C/C=C/C(=O)OC(C)CC(O)C(=O)/C=C/C(=O)O1. The molecule has 0 radical (unpaired) electrons. The van der Waals surface area contributed by atoms with Crippen molar-refractivity contribution >= 4 is 17.7 Å². The molecule has 0 aliphatic carbocycles. The number of ketones is 1. The Kier molecular flexibility index (Phi) is 6.11. The van der Waals surface area contributed by atoms with Crippen molar-refractivity contribution in [3.05, 3.63) is 24.3 Å². The molecule has 6 heteroatoms. The first-order chi connectivity index (χ1) is 9.38. The molecule has 1 N–H and O–H groups in total. The quantitative estimate of drug-likeness (QED) is 0.657. The van der Waals surface area contributed by atoms with Gasteiger partial charge in [0.2, 0.25) is 0 Å². The molecule has 0 saturated heterocycles. The average molecular weight is 282 g/mol. The number of cyclic esters (lactones) is 2. The highest BCUT2D eigenvalue weighted by molar-refractivity contribution is 5.98. The molecule has 20 heavy (non-hydrogen) atoms. The summed E-state index contributed by atoms with van der Waals surface area (Å²) < 4.78 is 9.97. The monoisotopic (exact) mass is 282 g/mol. The first kappa shape index (κ1) is 16.1. The Morgan fingerprint density at radius 1 is 1.00 bits per heavy atom. The van der Waals surface area contributed by atoms with E-state index in [0.29, 0.717) is 6.42 Å². The van der Waals surface area contributed by atoms with E-state index in [0.717, 1.165) is 12.2 Å². The molecule has 0 spiro atoms. The van der Waals surface area contributed by atoms with Gasteiger partial charge < -0.3 is 14.6 Å². The van der Waals surface area contributed by atoms with Crippen molar-refractivity contribution in [3.8, 4) is 0 Å². The van der Waals surface area contributed by atoms with Gasteiger partial charge in [0, 0.05) is 25.0 Å². The minimum absolute atomic E-state index is 0.0335. The van der Waals surface area contributed by atoms with Crippen LogP contribution in [0.5, 0.6) is 0 Å². The number of hydrogen-bond acceptors (Lipinski definition) is 6. The smallest absolute Gasteiger partial charge is 0.331 e. The van der Waals surface area contributed by atoms with Crippen LogP contribution in [0.3, 0.4) is 0 Å². The summed E-state index contributed by atoms with van der Waals surface area (Å²) >= 11 is 0. The summed E-state index contributed by atoms with van der Waals surface area (Å²) in [4.78, 5) is 34.3. The summed E-state index contributed by atoms with van der Waals surface area (Å²) in [6, 6.07) is 0. The van der Waals surface area contributed by atoms with Gasteiger partial charge in [0.15, 0.2) is 5.78 Å². The molecule has 0 aromatic rings. The Hall–Kier alpha value is -1.95. The van der Waals surface area contributed by atoms with Crippen LogP contribution in [0.4, 0.5) is 0 Å². The maximum absolute atomic E-state index is 11.5. The summed E-state index contributed by atoms with van der Waals surface area (Å²) in [6.45, 7) is 3.24. The highest BCUT2D eigenvalue weighted by atomic mass is 16.5. The molecule has 1 heterocycles. The number of aliphatic hydroxyl groups excluding tert-OH is 1. The van der Waals surface area contributed by atoms with Crippen LogP contribution in [0.25, 0.3) is 0 Å². The zero-order valence-corrected chi connectivity index (χ0v) is 11.4. The van der Waals surface area contributed by atoms with Crippen molar-refractivity contribution in [1.82, 2.24) is 0 Å². The van der Waals surface area contributed by atoms with Gasteiger partial charge in [-0.2, -0.15) is 0 Å². The standard InChI is InChI=1S/C14H18O6/c1-9-4-3-5-13(17)20-10(2)8-12(16)11(15)6-7-14(18)19-9/h3,5-7,9-10,12,16H,4,8H2,1-2H3/b5-3+,7-6+. The van der Waals surface area contributed by atoms with E-state index in [1.165, 1.54) is 6.08 Å². The fraction of sp³-hybridized carbons (Fsp3) is 0.500. The van der Waals surface area contributed by atoms with Crippen LogP contribution in [-0.2, 0) is 23.9 Å². The van der Waals surface area contributed by atoms with Gasteiger partial charge in [-0.25, -0.2) is 9.59 Å². The largest absolute Gasteiger partial charge is 0.459 e. The molecule has 0 saturated carbocycles. The molecular formula is C14H18O6. The fourth-order valence-electron chi connectivity index (χ4n) is 1.62. The van der Waals surface area contributed by atoms with E-state index in [-0.39, 0.29) is 6.42 Å². The molecule has 1 aliphatic heterocycles. The van der Waals surface area contributed by atoms with Crippen molar-refractivity contribution in [2.75, 3.05) is 0 Å². The number of carbonyl (C=O) groups is 3. The highest BCUT2D eigenvalue weighted by Crippen LogP contribution is 2.07. The lowest BCUT2D eigenvalue weighted by atomic mass is 10.1. The molecule has 0 amide bonds. The van der Waals surface area contributed by atoms with Gasteiger partial charge in [0.05, 0.1) is 0 Å². The average Bonchev–Trinajstić information content (AvgIpc) is 2.34. The molecule has 0 aromatic heterocycles. The van der Waals surface area contributed by atoms with Gasteiger partial charge in [0.25, 0.3) is 0 Å². The summed E-state index contributed by atoms with van der Waals surface area (Å²) in [5, 5.41) is 9.62. The molecule has 0 fully saturated rings. The Labute approximate surface area is 117 Å². The van der Waals surface area contributed by atoms with Crippen molar-refractivity contribution in [2.45, 2.75) is 45.0 Å². The lowest BCUT2D eigenvalue weighted by molar-refractivity contribution is -0.144. The second kappa shape index (κ2) is 7.59. The van der Waals surface area contributed by atoms with Gasteiger partial charge in [-0.15, -0.1) is 0 Å². The van der Waals surface area contributed by atoms with Crippen LogP contribution >= 0.6 is 0 Å². The predicted octanol–water partition coefficient (Wildman–Crippen LogP) is 0.686. The number of aliphatic hydroxyl groups is 1. The third-order valence-electron chi connectivity index (χ3n) is 2.62. The Morgan fingerprint density at radius 3 is 2.30 bits per heavy atom. The van der Waals surface area contributed by atoms with Crippen molar-refractivity contribution in [2.24, 2.45) is 0 Å². The van der Waals surface area contributed by atoms with Crippen molar-refractivity contribution in [3.63, 3.8) is 0 Å². The zero-order chi connectivity index (χ0) is 15.1. The maximum Gasteiger partial charge on any atom is 0.331 e. The third kappa shape index (κ3) is 5.79. The van der Waals surface area contributed by atoms with E-state index in [1.54, 1.807) is 19.9 Å². The van der Waals surface area contributed by atoms with Gasteiger partial charge in [-0.05, 0) is 19.9 Å². The number of rotatable bonds is 0. The van der Waals surface area contributed by atoms with Crippen LogP contribution in [0, 0.1) is 0 Å². The van der Waals surface area contributed by atoms with Gasteiger partial charge in [-0.3, -0.25) is 4.79 Å². The minimum Gasteiger partial charge on any atom is -0.459 e. The van der Waals surface area contributed by atoms with Crippen molar-refractivity contribution < 1.29 is 29.0 Å². The maximum atomic E-state index is 11.5. The number of carbonyl (C=O) groups excluding carboxylic acids is 3. The van der Waals surface area contributed by atoms with Crippen LogP contribution in [0.1, 0.15) is 26.7 Å². The van der Waals surface area contributed by atoms with Crippen LogP contribution in [0.15, 0.2) is 24.3 Å². The van der Waals surface area contributed by atoms with Gasteiger partial charge in [0.1, 0.15) is 18.3 Å². The zero-order valence-electron chi connectivity index (χ0n) is 11.4. The highest BCUT2D eigenvalue weighted by Gasteiger charge is 2.19. The summed E-state index contributed by atoms with van der Waals surface area (Å²) in [5.41, 5.74) is 0. The normalized spacial score (nSPS) is 32.8. The Bertz CT molecular complexity index is 437. The molecule has 3 atom stereocenters. The van der Waals surface area contributed by atoms with E-state index in [2.05, 4.69) is 0 Å². The second-order valence-electron chi connectivity index (χ2n) is 4.62. The van der Waals surface area contributed by atoms with Crippen LogP contribution in [0.2, 0.25) is 0 Å². The molecular weight excluding hydrogens is 264 g/mol.